The van der Waals surface area contributed by atoms with Crippen LogP contribution in [0.2, 0.25) is 0 Å². The molecule has 0 bridgehead atoms. The molecule has 4 heterocycles. The van der Waals surface area contributed by atoms with E-state index in [0.717, 1.165) is 77.8 Å². The number of imidazole rings is 1. The zero-order valence-electron chi connectivity index (χ0n) is 23.2. The number of hydrogen-bond donors (Lipinski definition) is 0. The highest BCUT2D eigenvalue weighted by Gasteiger charge is 2.19. The van der Waals surface area contributed by atoms with Gasteiger partial charge in [0.1, 0.15) is 28.5 Å². The van der Waals surface area contributed by atoms with E-state index in [1.807, 2.05) is 78.5 Å². The molecule has 0 aliphatic heterocycles. The monoisotopic (exact) mass is 556 g/mol. The summed E-state index contributed by atoms with van der Waals surface area (Å²) < 4.78 is 19.0. The molecule has 4 aromatic heterocycles. The van der Waals surface area contributed by atoms with Gasteiger partial charge in [-0.1, -0.05) is 72.8 Å². The summed E-state index contributed by atoms with van der Waals surface area (Å²) in [5.74, 6) is 2.31. The number of furan rings is 1. The fourth-order valence-corrected chi connectivity index (χ4v) is 6.28. The topological polar surface area (TPSA) is 49.0 Å². The molecule has 43 heavy (non-hydrogen) atoms. The Hall–Kier alpha value is -5.88. The molecule has 0 spiro atoms. The molecule has 0 saturated heterocycles. The van der Waals surface area contributed by atoms with Crippen molar-refractivity contribution in [2.24, 2.45) is 7.05 Å². The maximum Gasteiger partial charge on any atom is 0.244 e. The van der Waals surface area contributed by atoms with Gasteiger partial charge in [-0.15, -0.1) is 0 Å². The highest BCUT2D eigenvalue weighted by atomic mass is 16.5. The zero-order chi connectivity index (χ0) is 28.5. The normalized spacial score (nSPS) is 11.8. The lowest BCUT2D eigenvalue weighted by molar-refractivity contribution is -0.649. The first-order valence-corrected chi connectivity index (χ1v) is 14.2. The molecule has 0 aliphatic rings. The van der Waals surface area contributed by atoms with Crippen LogP contribution in [0.15, 0.2) is 132 Å². The summed E-state index contributed by atoms with van der Waals surface area (Å²) in [4.78, 5) is 4.91. The number of aromatic nitrogens is 4. The van der Waals surface area contributed by atoms with E-state index in [1.54, 1.807) is 0 Å². The summed E-state index contributed by atoms with van der Waals surface area (Å²) >= 11 is 0. The Morgan fingerprint density at radius 2 is 1.44 bits per heavy atom. The standard InChI is InChI=1S/C37H24N4O2/c1-39-23-40(32-15-6-5-14-31(32)39)24-9-8-10-25(21-24)42-26-17-18-28-27-11-2-4-13-30(27)41(33(28)22-26)37-36-29-12-3-7-16-34(29)43-35(36)19-20-38-37/h2-22H,1H3. The lowest BCUT2D eigenvalue weighted by Gasteiger charge is -2.11. The molecule has 0 saturated carbocycles. The van der Waals surface area contributed by atoms with Crippen LogP contribution in [-0.2, 0) is 7.05 Å². The second kappa shape index (κ2) is 9.06. The largest absolute Gasteiger partial charge is 0.458 e. The van der Waals surface area contributed by atoms with Crippen molar-refractivity contribution >= 4 is 54.8 Å². The Kier molecular flexibility index (Phi) is 5.01. The van der Waals surface area contributed by atoms with Crippen molar-refractivity contribution in [3.05, 3.63) is 134 Å². The smallest absolute Gasteiger partial charge is 0.244 e. The van der Waals surface area contributed by atoms with Crippen LogP contribution >= 0.6 is 0 Å². The second-order valence-electron chi connectivity index (χ2n) is 10.7. The number of pyridine rings is 1. The van der Waals surface area contributed by atoms with E-state index >= 15 is 0 Å². The van der Waals surface area contributed by atoms with Crippen LogP contribution in [0.5, 0.6) is 11.5 Å². The molecule has 0 aliphatic carbocycles. The highest BCUT2D eigenvalue weighted by molar-refractivity contribution is 6.13. The summed E-state index contributed by atoms with van der Waals surface area (Å²) in [5.41, 5.74) is 6.92. The first-order valence-electron chi connectivity index (χ1n) is 14.2. The number of hydrogen-bond acceptors (Lipinski definition) is 3. The molecule has 0 N–H and O–H groups in total. The van der Waals surface area contributed by atoms with Crippen LogP contribution in [0, 0.1) is 6.33 Å². The predicted molar refractivity (Wildman–Crippen MR) is 169 cm³/mol. The number of nitrogens with zero attached hydrogens (tertiary/aromatic N) is 4. The van der Waals surface area contributed by atoms with E-state index in [0.29, 0.717) is 0 Å². The first-order chi connectivity index (χ1) is 21.2. The molecule has 6 heteroatoms. The molecule has 0 radical (unpaired) electrons. The van der Waals surface area contributed by atoms with Gasteiger partial charge in [0.15, 0.2) is 0 Å². The van der Waals surface area contributed by atoms with Gasteiger partial charge in [0.2, 0.25) is 6.33 Å². The van der Waals surface area contributed by atoms with Crippen LogP contribution in [0.3, 0.4) is 0 Å². The molecule has 9 rings (SSSR count). The van der Waals surface area contributed by atoms with Crippen LogP contribution in [0.25, 0.3) is 66.3 Å². The van der Waals surface area contributed by atoms with Gasteiger partial charge < -0.3 is 18.3 Å². The summed E-state index contributed by atoms with van der Waals surface area (Å²) in [5, 5.41) is 4.31. The third-order valence-corrected chi connectivity index (χ3v) is 8.17. The van der Waals surface area contributed by atoms with E-state index in [9.17, 15) is 0 Å². The minimum atomic E-state index is 0.741. The first kappa shape index (κ1) is 23.8. The number of ether oxygens (including phenoxy) is 1. The second-order valence-corrected chi connectivity index (χ2v) is 10.7. The molecule has 204 valence electrons. The average molecular weight is 557 g/mol. The molecule has 0 unspecified atom stereocenters. The van der Waals surface area contributed by atoms with Crippen molar-refractivity contribution in [1.29, 1.82) is 0 Å². The van der Waals surface area contributed by atoms with Crippen molar-refractivity contribution < 1.29 is 13.7 Å². The van der Waals surface area contributed by atoms with Crippen molar-refractivity contribution in [2.45, 2.75) is 0 Å². The number of fused-ring (bicyclic) bond motifs is 7. The van der Waals surface area contributed by atoms with E-state index in [2.05, 4.69) is 76.1 Å². The lowest BCUT2D eigenvalue weighted by Crippen LogP contribution is -2.26. The van der Waals surface area contributed by atoms with Gasteiger partial charge in [-0.05, 0) is 42.5 Å². The van der Waals surface area contributed by atoms with Gasteiger partial charge in [-0.3, -0.25) is 4.57 Å². The SMILES string of the molecule is C[n+]1[c-]n(-c2cccc(Oc3ccc4c5ccccc5n(-c5nccc6oc7ccccc7c56)c4c3)c2)c2ccccc21. The highest BCUT2D eigenvalue weighted by Crippen LogP contribution is 2.39. The quantitative estimate of drug-likeness (QED) is 0.161. The minimum Gasteiger partial charge on any atom is -0.458 e. The van der Waals surface area contributed by atoms with Crippen molar-refractivity contribution in [1.82, 2.24) is 14.1 Å². The van der Waals surface area contributed by atoms with Gasteiger partial charge in [-0.2, -0.15) is 0 Å². The van der Waals surface area contributed by atoms with E-state index in [1.165, 1.54) is 0 Å². The molecule has 0 atom stereocenters. The fourth-order valence-electron chi connectivity index (χ4n) is 6.28. The molecular weight excluding hydrogens is 532 g/mol. The third kappa shape index (κ3) is 3.60. The van der Waals surface area contributed by atoms with E-state index < -0.39 is 0 Å². The molecule has 6 nitrogen and oxygen atoms in total. The van der Waals surface area contributed by atoms with Crippen LogP contribution < -0.4 is 9.30 Å². The zero-order valence-corrected chi connectivity index (χ0v) is 23.2. The summed E-state index contributed by atoms with van der Waals surface area (Å²) in [7, 11) is 2.01. The number of rotatable bonds is 4. The molecule has 9 aromatic rings. The predicted octanol–water partition coefficient (Wildman–Crippen LogP) is 8.44. The van der Waals surface area contributed by atoms with E-state index in [4.69, 9.17) is 14.1 Å². The number of benzene rings is 5. The van der Waals surface area contributed by atoms with Gasteiger partial charge in [0.25, 0.3) is 0 Å². The Morgan fingerprint density at radius 1 is 0.674 bits per heavy atom. The molecule has 5 aromatic carbocycles. The van der Waals surface area contributed by atoms with Crippen LogP contribution in [0.1, 0.15) is 0 Å². The third-order valence-electron chi connectivity index (χ3n) is 8.17. The van der Waals surface area contributed by atoms with Crippen molar-refractivity contribution in [3.63, 3.8) is 0 Å². The van der Waals surface area contributed by atoms with Gasteiger partial charge in [-0.25, -0.2) is 4.98 Å². The maximum absolute atomic E-state index is 6.51. The Bertz CT molecular complexity index is 2520. The molecular formula is C37H24N4O2. The lowest BCUT2D eigenvalue weighted by atomic mass is 10.1. The Morgan fingerprint density at radius 3 is 2.37 bits per heavy atom. The fraction of sp³-hybridized carbons (Fsp3) is 0.0270. The summed E-state index contributed by atoms with van der Waals surface area (Å²) in [6, 6.07) is 41.1. The van der Waals surface area contributed by atoms with Crippen LogP contribution in [-0.4, -0.2) is 14.1 Å². The summed E-state index contributed by atoms with van der Waals surface area (Å²) in [6.07, 6.45) is 5.22. The van der Waals surface area contributed by atoms with Crippen molar-refractivity contribution in [3.8, 4) is 23.0 Å². The van der Waals surface area contributed by atoms with Gasteiger partial charge in [0, 0.05) is 28.4 Å². The van der Waals surface area contributed by atoms with Gasteiger partial charge >= 0.3 is 0 Å². The Balaban J connectivity index is 1.21. The summed E-state index contributed by atoms with van der Waals surface area (Å²) in [6.45, 7) is 0. The van der Waals surface area contributed by atoms with Crippen LogP contribution in [0.4, 0.5) is 0 Å². The molecule has 0 fully saturated rings. The Labute approximate surface area is 246 Å². The average Bonchev–Trinajstić information content (AvgIpc) is 3.70. The number of aryl methyl sites for hydroxylation is 1. The minimum absolute atomic E-state index is 0.741. The number of para-hydroxylation sites is 4. The maximum atomic E-state index is 6.51. The van der Waals surface area contributed by atoms with Crippen molar-refractivity contribution in [2.75, 3.05) is 0 Å². The molecule has 0 amide bonds. The van der Waals surface area contributed by atoms with Gasteiger partial charge in [0.05, 0.1) is 40.2 Å². The van der Waals surface area contributed by atoms with E-state index in [-0.39, 0.29) is 0 Å².